The van der Waals surface area contributed by atoms with Crippen LogP contribution in [-0.4, -0.2) is 49.2 Å². The molecule has 1 aliphatic rings. The van der Waals surface area contributed by atoms with Crippen LogP contribution in [0.3, 0.4) is 0 Å². The number of carbonyl (C=O) groups is 1. The van der Waals surface area contributed by atoms with E-state index >= 15 is 0 Å². The molecule has 7 nitrogen and oxygen atoms in total. The molecule has 1 aromatic heterocycles. The van der Waals surface area contributed by atoms with Crippen molar-refractivity contribution in [2.75, 3.05) is 37.5 Å². The summed E-state index contributed by atoms with van der Waals surface area (Å²) in [7, 11) is 3.40. The van der Waals surface area contributed by atoms with Crippen LogP contribution < -0.4 is 20.3 Å². The standard InChI is InChI=1S/C14H23N5O2/c1-4-7-15-13-12(21-3)14(17-9-16-13)19(2)8-11(20)18-10-5-6-10/h9-10H,4-8H2,1-3H3,(H,18,20)(H,15,16,17). The fourth-order valence-corrected chi connectivity index (χ4v) is 1.98. The van der Waals surface area contributed by atoms with Gasteiger partial charge in [0.25, 0.3) is 0 Å². The first-order valence-corrected chi connectivity index (χ1v) is 7.29. The van der Waals surface area contributed by atoms with Gasteiger partial charge in [-0.05, 0) is 19.3 Å². The molecule has 1 aliphatic carbocycles. The van der Waals surface area contributed by atoms with Crippen LogP contribution in [0.2, 0.25) is 0 Å². The molecular formula is C14H23N5O2. The van der Waals surface area contributed by atoms with Gasteiger partial charge in [-0.1, -0.05) is 6.92 Å². The van der Waals surface area contributed by atoms with Gasteiger partial charge in [0.2, 0.25) is 11.7 Å². The van der Waals surface area contributed by atoms with E-state index < -0.39 is 0 Å². The van der Waals surface area contributed by atoms with Crippen molar-refractivity contribution in [1.82, 2.24) is 15.3 Å². The van der Waals surface area contributed by atoms with Gasteiger partial charge in [0.15, 0.2) is 11.6 Å². The SMILES string of the molecule is CCCNc1ncnc(N(C)CC(=O)NC2CC2)c1OC. The smallest absolute Gasteiger partial charge is 0.239 e. The van der Waals surface area contributed by atoms with E-state index in [0.717, 1.165) is 25.8 Å². The average molecular weight is 293 g/mol. The Morgan fingerprint density at radius 1 is 1.48 bits per heavy atom. The van der Waals surface area contributed by atoms with Crippen molar-refractivity contribution in [3.05, 3.63) is 6.33 Å². The number of hydrogen-bond acceptors (Lipinski definition) is 6. The first-order chi connectivity index (χ1) is 10.2. The normalized spacial score (nSPS) is 13.7. The molecule has 7 heteroatoms. The largest absolute Gasteiger partial charge is 0.490 e. The van der Waals surface area contributed by atoms with Crippen LogP contribution in [0, 0.1) is 0 Å². The third kappa shape index (κ3) is 4.21. The van der Waals surface area contributed by atoms with Crippen LogP contribution in [0.15, 0.2) is 6.33 Å². The van der Waals surface area contributed by atoms with E-state index in [1.165, 1.54) is 6.33 Å². The van der Waals surface area contributed by atoms with Gasteiger partial charge in [0, 0.05) is 19.6 Å². The van der Waals surface area contributed by atoms with Crippen molar-refractivity contribution in [1.29, 1.82) is 0 Å². The van der Waals surface area contributed by atoms with E-state index in [9.17, 15) is 4.79 Å². The van der Waals surface area contributed by atoms with Crippen LogP contribution in [0.1, 0.15) is 26.2 Å². The third-order valence-corrected chi connectivity index (χ3v) is 3.22. The Morgan fingerprint density at radius 2 is 2.24 bits per heavy atom. The van der Waals surface area contributed by atoms with E-state index in [0.29, 0.717) is 23.4 Å². The average Bonchev–Trinajstić information content (AvgIpc) is 3.28. The second kappa shape index (κ2) is 7.10. The fourth-order valence-electron chi connectivity index (χ4n) is 1.98. The first-order valence-electron chi connectivity index (χ1n) is 7.29. The molecule has 21 heavy (non-hydrogen) atoms. The summed E-state index contributed by atoms with van der Waals surface area (Å²) in [6, 6.07) is 0.361. The summed E-state index contributed by atoms with van der Waals surface area (Å²) in [5.74, 6) is 1.83. The number of hydrogen-bond donors (Lipinski definition) is 2. The van der Waals surface area contributed by atoms with Crippen LogP contribution in [-0.2, 0) is 4.79 Å². The number of amides is 1. The van der Waals surface area contributed by atoms with Crippen LogP contribution in [0.4, 0.5) is 11.6 Å². The number of ether oxygens (including phenoxy) is 1. The van der Waals surface area contributed by atoms with E-state index in [-0.39, 0.29) is 12.5 Å². The highest BCUT2D eigenvalue weighted by Gasteiger charge is 2.24. The van der Waals surface area contributed by atoms with Gasteiger partial charge in [-0.15, -0.1) is 0 Å². The molecular weight excluding hydrogens is 270 g/mol. The minimum absolute atomic E-state index is 0.00346. The lowest BCUT2D eigenvalue weighted by Crippen LogP contribution is -2.36. The maximum atomic E-state index is 11.9. The molecule has 0 radical (unpaired) electrons. The van der Waals surface area contributed by atoms with Gasteiger partial charge in [-0.25, -0.2) is 9.97 Å². The number of rotatable bonds is 8. The summed E-state index contributed by atoms with van der Waals surface area (Å²) in [4.78, 5) is 22.1. The second-order valence-corrected chi connectivity index (χ2v) is 5.20. The van der Waals surface area contributed by atoms with E-state index in [1.54, 1.807) is 12.0 Å². The van der Waals surface area contributed by atoms with Crippen molar-refractivity contribution in [3.63, 3.8) is 0 Å². The van der Waals surface area contributed by atoms with Crippen LogP contribution in [0.5, 0.6) is 5.75 Å². The Labute approximate surface area is 125 Å². The number of likely N-dealkylation sites (N-methyl/N-ethyl adjacent to an activating group) is 1. The fraction of sp³-hybridized carbons (Fsp3) is 0.643. The Bertz CT molecular complexity index is 490. The number of nitrogens with one attached hydrogen (secondary N) is 2. The minimum Gasteiger partial charge on any atom is -0.490 e. The highest BCUT2D eigenvalue weighted by Crippen LogP contribution is 2.31. The molecule has 0 aromatic carbocycles. The molecule has 0 saturated heterocycles. The molecule has 0 unspecified atom stereocenters. The lowest BCUT2D eigenvalue weighted by molar-refractivity contribution is -0.119. The van der Waals surface area contributed by atoms with Gasteiger partial charge in [-0.2, -0.15) is 0 Å². The lowest BCUT2D eigenvalue weighted by atomic mass is 10.4. The van der Waals surface area contributed by atoms with Gasteiger partial charge in [-0.3, -0.25) is 4.79 Å². The first kappa shape index (κ1) is 15.3. The summed E-state index contributed by atoms with van der Waals surface area (Å²) in [6.45, 7) is 3.13. The number of aromatic nitrogens is 2. The second-order valence-electron chi connectivity index (χ2n) is 5.20. The maximum absolute atomic E-state index is 11.9. The summed E-state index contributed by atoms with van der Waals surface area (Å²) in [5, 5.41) is 6.16. The number of methoxy groups -OCH3 is 1. The molecule has 1 aromatic rings. The number of nitrogens with zero attached hydrogens (tertiary/aromatic N) is 3. The predicted molar refractivity (Wildman–Crippen MR) is 81.8 cm³/mol. The van der Waals surface area contributed by atoms with Crippen molar-refractivity contribution in [2.24, 2.45) is 0 Å². The summed E-state index contributed by atoms with van der Waals surface area (Å²) < 4.78 is 5.41. The molecule has 2 rings (SSSR count). The lowest BCUT2D eigenvalue weighted by Gasteiger charge is -2.21. The van der Waals surface area contributed by atoms with Crippen molar-refractivity contribution < 1.29 is 9.53 Å². The van der Waals surface area contributed by atoms with Crippen LogP contribution in [0.25, 0.3) is 0 Å². The van der Waals surface area contributed by atoms with Crippen LogP contribution >= 0.6 is 0 Å². The quantitative estimate of drug-likeness (QED) is 0.745. The Balaban J connectivity index is 2.07. The zero-order valence-corrected chi connectivity index (χ0v) is 12.8. The molecule has 116 valence electrons. The van der Waals surface area contributed by atoms with Crippen molar-refractivity contribution >= 4 is 17.5 Å². The van der Waals surface area contributed by atoms with E-state index in [1.807, 2.05) is 7.05 Å². The summed E-state index contributed by atoms with van der Waals surface area (Å²) >= 11 is 0. The molecule has 2 N–H and O–H groups in total. The Kier molecular flexibility index (Phi) is 5.19. The zero-order chi connectivity index (χ0) is 15.2. The van der Waals surface area contributed by atoms with Gasteiger partial charge < -0.3 is 20.3 Å². The maximum Gasteiger partial charge on any atom is 0.239 e. The molecule has 0 bridgehead atoms. The summed E-state index contributed by atoms with van der Waals surface area (Å²) in [6.07, 6.45) is 4.63. The van der Waals surface area contributed by atoms with Crippen molar-refractivity contribution in [2.45, 2.75) is 32.2 Å². The van der Waals surface area contributed by atoms with Gasteiger partial charge >= 0.3 is 0 Å². The van der Waals surface area contributed by atoms with Gasteiger partial charge in [0.1, 0.15) is 6.33 Å². The number of anilines is 2. The predicted octanol–water partition coefficient (Wildman–Crippen LogP) is 1.02. The Hall–Kier alpha value is -2.05. The monoisotopic (exact) mass is 293 g/mol. The molecule has 1 amide bonds. The molecule has 1 saturated carbocycles. The highest BCUT2D eigenvalue weighted by atomic mass is 16.5. The van der Waals surface area contributed by atoms with E-state index in [2.05, 4.69) is 27.5 Å². The molecule has 0 aliphatic heterocycles. The minimum atomic E-state index is 0.00346. The van der Waals surface area contributed by atoms with E-state index in [4.69, 9.17) is 4.74 Å². The molecule has 0 atom stereocenters. The van der Waals surface area contributed by atoms with Crippen molar-refractivity contribution in [3.8, 4) is 5.75 Å². The molecule has 1 heterocycles. The Morgan fingerprint density at radius 3 is 2.86 bits per heavy atom. The topological polar surface area (TPSA) is 79.4 Å². The molecule has 1 fully saturated rings. The third-order valence-electron chi connectivity index (χ3n) is 3.22. The zero-order valence-electron chi connectivity index (χ0n) is 12.8. The molecule has 0 spiro atoms. The highest BCUT2D eigenvalue weighted by molar-refractivity contribution is 5.82. The van der Waals surface area contributed by atoms with Gasteiger partial charge in [0.05, 0.1) is 13.7 Å². The summed E-state index contributed by atoms with van der Waals surface area (Å²) in [5.41, 5.74) is 0. The number of carbonyl (C=O) groups excluding carboxylic acids is 1.